The zero-order valence-corrected chi connectivity index (χ0v) is 15.2. The highest BCUT2D eigenvalue weighted by atomic mass is 19.1. The largest absolute Gasteiger partial charge is 0.342 e. The number of halogens is 1. The number of H-pyrrole nitrogens is 1. The number of rotatable bonds is 3. The van der Waals surface area contributed by atoms with E-state index in [1.807, 2.05) is 0 Å². The van der Waals surface area contributed by atoms with E-state index in [0.717, 1.165) is 25.9 Å². The number of benzene rings is 1. The molecule has 0 aliphatic carbocycles. The van der Waals surface area contributed by atoms with E-state index in [2.05, 4.69) is 14.9 Å². The molecule has 142 valence electrons. The molecule has 1 amide bonds. The van der Waals surface area contributed by atoms with Crippen molar-refractivity contribution in [3.63, 3.8) is 0 Å². The molecule has 4 rings (SSSR count). The summed E-state index contributed by atoms with van der Waals surface area (Å²) in [5.41, 5.74) is 1.13. The molecule has 0 bridgehead atoms. The second-order valence-electron chi connectivity index (χ2n) is 7.28. The quantitative estimate of drug-likeness (QED) is 0.902. The van der Waals surface area contributed by atoms with Crippen molar-refractivity contribution in [3.05, 3.63) is 52.2 Å². The molecule has 7 heteroatoms. The summed E-state index contributed by atoms with van der Waals surface area (Å²) in [6.45, 7) is 2.22. The lowest BCUT2D eigenvalue weighted by atomic mass is 10.0. The van der Waals surface area contributed by atoms with Crippen LogP contribution in [0.5, 0.6) is 0 Å². The molecular formula is C20H23FN4O2. The predicted octanol–water partition coefficient (Wildman–Crippen LogP) is 2.81. The summed E-state index contributed by atoms with van der Waals surface area (Å²) >= 11 is 0. The monoisotopic (exact) mass is 370 g/mol. The predicted molar refractivity (Wildman–Crippen MR) is 102 cm³/mol. The Morgan fingerprint density at radius 3 is 2.44 bits per heavy atom. The number of aromatic amines is 1. The fraction of sp³-hybridized carbons (Fsp3) is 0.450. The maximum atomic E-state index is 13.2. The van der Waals surface area contributed by atoms with Crippen molar-refractivity contribution in [2.24, 2.45) is 0 Å². The van der Waals surface area contributed by atoms with Gasteiger partial charge in [-0.25, -0.2) is 9.37 Å². The average molecular weight is 370 g/mol. The Morgan fingerprint density at radius 2 is 1.74 bits per heavy atom. The summed E-state index contributed by atoms with van der Waals surface area (Å²) in [4.78, 5) is 36.0. The van der Waals surface area contributed by atoms with Crippen molar-refractivity contribution in [1.29, 1.82) is 0 Å². The van der Waals surface area contributed by atoms with Gasteiger partial charge in [0.25, 0.3) is 5.56 Å². The van der Waals surface area contributed by atoms with Gasteiger partial charge in [0, 0.05) is 43.7 Å². The second-order valence-corrected chi connectivity index (χ2v) is 7.28. The number of aromatic nitrogens is 2. The summed E-state index contributed by atoms with van der Waals surface area (Å²) in [7, 11) is 0. The smallest absolute Gasteiger partial charge is 0.252 e. The van der Waals surface area contributed by atoms with E-state index in [1.165, 1.54) is 31.0 Å². The van der Waals surface area contributed by atoms with Crippen LogP contribution in [0, 0.1) is 5.82 Å². The zero-order valence-electron chi connectivity index (χ0n) is 15.2. The number of carbonyl (C=O) groups is 1. The Kier molecular flexibility index (Phi) is 4.92. The molecule has 1 N–H and O–H groups in total. The highest BCUT2D eigenvalue weighted by Crippen LogP contribution is 2.31. The van der Waals surface area contributed by atoms with E-state index >= 15 is 0 Å². The number of anilines is 2. The van der Waals surface area contributed by atoms with Gasteiger partial charge in [-0.3, -0.25) is 14.6 Å². The van der Waals surface area contributed by atoms with Gasteiger partial charge in [-0.15, -0.1) is 0 Å². The molecule has 3 heterocycles. The van der Waals surface area contributed by atoms with Crippen molar-refractivity contribution in [1.82, 2.24) is 9.97 Å². The van der Waals surface area contributed by atoms with Crippen molar-refractivity contribution < 1.29 is 9.18 Å². The molecule has 1 aromatic heterocycles. The minimum absolute atomic E-state index is 0.0370. The van der Waals surface area contributed by atoms with Crippen LogP contribution in [0.2, 0.25) is 0 Å². The number of hydrogen-bond donors (Lipinski definition) is 1. The lowest BCUT2D eigenvalue weighted by Crippen LogP contribution is -2.29. The summed E-state index contributed by atoms with van der Waals surface area (Å²) < 4.78 is 13.2. The van der Waals surface area contributed by atoms with Crippen LogP contribution in [-0.2, 0) is 4.79 Å². The second kappa shape index (κ2) is 7.50. The standard InChI is InChI=1S/C20H23FN4O2/c21-15-5-7-16(8-6-15)25-13-14(11-19(25)27)17-12-18(26)23-20(22-17)24-9-3-1-2-4-10-24/h5-8,12,14H,1-4,9-11,13H2,(H,22,23,26). The maximum absolute atomic E-state index is 13.2. The highest BCUT2D eigenvalue weighted by Gasteiger charge is 2.33. The van der Waals surface area contributed by atoms with E-state index in [4.69, 9.17) is 0 Å². The van der Waals surface area contributed by atoms with Gasteiger partial charge in [0.15, 0.2) is 0 Å². The molecular weight excluding hydrogens is 347 g/mol. The molecule has 0 saturated carbocycles. The SMILES string of the molecule is O=C1CC(c2cc(=O)[nH]c(N3CCCCCC3)n2)CN1c1ccc(F)cc1. The van der Waals surface area contributed by atoms with Gasteiger partial charge >= 0.3 is 0 Å². The fourth-order valence-corrected chi connectivity index (χ4v) is 3.88. The Hall–Kier alpha value is -2.70. The maximum Gasteiger partial charge on any atom is 0.252 e. The van der Waals surface area contributed by atoms with Gasteiger partial charge in [0.05, 0.1) is 5.69 Å². The van der Waals surface area contributed by atoms with Gasteiger partial charge in [0.1, 0.15) is 5.82 Å². The Morgan fingerprint density at radius 1 is 1.04 bits per heavy atom. The van der Waals surface area contributed by atoms with Crippen molar-refractivity contribution in [2.75, 3.05) is 29.4 Å². The first-order chi connectivity index (χ1) is 13.1. The first-order valence-corrected chi connectivity index (χ1v) is 9.52. The van der Waals surface area contributed by atoms with Gasteiger partial charge < -0.3 is 9.80 Å². The molecule has 0 radical (unpaired) electrons. The highest BCUT2D eigenvalue weighted by molar-refractivity contribution is 5.96. The lowest BCUT2D eigenvalue weighted by molar-refractivity contribution is -0.117. The van der Waals surface area contributed by atoms with Crippen LogP contribution < -0.4 is 15.4 Å². The van der Waals surface area contributed by atoms with E-state index in [9.17, 15) is 14.0 Å². The van der Waals surface area contributed by atoms with Gasteiger partial charge in [-0.1, -0.05) is 12.8 Å². The number of amides is 1. The van der Waals surface area contributed by atoms with E-state index < -0.39 is 0 Å². The van der Waals surface area contributed by atoms with Crippen molar-refractivity contribution in [2.45, 2.75) is 38.0 Å². The molecule has 2 saturated heterocycles. The number of hydrogen-bond acceptors (Lipinski definition) is 4. The fourth-order valence-electron chi connectivity index (χ4n) is 3.88. The molecule has 2 aromatic rings. The van der Waals surface area contributed by atoms with E-state index in [-0.39, 0.29) is 23.2 Å². The van der Waals surface area contributed by atoms with Crippen LogP contribution >= 0.6 is 0 Å². The number of nitrogens with one attached hydrogen (secondary N) is 1. The summed E-state index contributed by atoms with van der Waals surface area (Å²) in [6, 6.07) is 7.39. The van der Waals surface area contributed by atoms with Crippen molar-refractivity contribution in [3.8, 4) is 0 Å². The van der Waals surface area contributed by atoms with Crippen LogP contribution in [0.4, 0.5) is 16.0 Å². The number of carbonyl (C=O) groups excluding carboxylic acids is 1. The Bertz CT molecular complexity index is 872. The van der Waals surface area contributed by atoms with E-state index in [1.54, 1.807) is 17.0 Å². The van der Waals surface area contributed by atoms with E-state index in [0.29, 0.717) is 30.3 Å². The molecule has 2 aliphatic heterocycles. The zero-order chi connectivity index (χ0) is 18.8. The van der Waals surface area contributed by atoms with Crippen LogP contribution in [-0.4, -0.2) is 35.5 Å². The van der Waals surface area contributed by atoms with Crippen LogP contribution in [0.1, 0.15) is 43.7 Å². The summed E-state index contributed by atoms with van der Waals surface area (Å²) in [5.74, 6) is 0.0907. The third-order valence-corrected chi connectivity index (χ3v) is 5.34. The van der Waals surface area contributed by atoms with Crippen molar-refractivity contribution >= 4 is 17.5 Å². The molecule has 1 aromatic carbocycles. The average Bonchev–Trinajstić information content (AvgIpc) is 2.87. The number of nitrogens with zero attached hydrogens (tertiary/aromatic N) is 3. The van der Waals surface area contributed by atoms with Gasteiger partial charge in [-0.05, 0) is 37.1 Å². The van der Waals surface area contributed by atoms with Crippen LogP contribution in [0.25, 0.3) is 0 Å². The molecule has 2 aliphatic rings. The minimum Gasteiger partial charge on any atom is -0.342 e. The van der Waals surface area contributed by atoms with Gasteiger partial charge in [0.2, 0.25) is 11.9 Å². The molecule has 0 spiro atoms. The molecule has 27 heavy (non-hydrogen) atoms. The Labute approximate surface area is 157 Å². The first kappa shape index (κ1) is 17.7. The normalized spacial score (nSPS) is 20.8. The molecule has 1 atom stereocenters. The lowest BCUT2D eigenvalue weighted by Gasteiger charge is -2.22. The third kappa shape index (κ3) is 3.86. The molecule has 1 unspecified atom stereocenters. The van der Waals surface area contributed by atoms with Crippen LogP contribution in [0.15, 0.2) is 35.1 Å². The molecule has 2 fully saturated rings. The first-order valence-electron chi connectivity index (χ1n) is 9.52. The molecule has 6 nitrogen and oxygen atoms in total. The Balaban J connectivity index is 1.57. The summed E-state index contributed by atoms with van der Waals surface area (Å²) in [5, 5.41) is 0. The summed E-state index contributed by atoms with van der Waals surface area (Å²) in [6.07, 6.45) is 4.88. The third-order valence-electron chi connectivity index (χ3n) is 5.34. The van der Waals surface area contributed by atoms with Gasteiger partial charge in [-0.2, -0.15) is 0 Å². The van der Waals surface area contributed by atoms with Crippen LogP contribution in [0.3, 0.4) is 0 Å². The minimum atomic E-state index is -0.333. The topological polar surface area (TPSA) is 69.3 Å².